The lowest BCUT2D eigenvalue weighted by Crippen LogP contribution is -2.03. The van der Waals surface area contributed by atoms with Gasteiger partial charge in [-0.2, -0.15) is 0 Å². The van der Waals surface area contributed by atoms with Gasteiger partial charge in [-0.05, 0) is 31.1 Å². The van der Waals surface area contributed by atoms with Crippen molar-refractivity contribution in [2.24, 2.45) is 0 Å². The van der Waals surface area contributed by atoms with Crippen molar-refractivity contribution in [2.75, 3.05) is 0 Å². The highest BCUT2D eigenvalue weighted by Gasteiger charge is 2.10. The van der Waals surface area contributed by atoms with Crippen molar-refractivity contribution in [1.29, 1.82) is 0 Å². The minimum absolute atomic E-state index is 0.0850. The van der Waals surface area contributed by atoms with Crippen LogP contribution in [0.25, 0.3) is 0 Å². The van der Waals surface area contributed by atoms with E-state index in [2.05, 4.69) is 6.92 Å². The molecule has 0 aliphatic rings. The van der Waals surface area contributed by atoms with Crippen molar-refractivity contribution in [1.82, 2.24) is 0 Å². The van der Waals surface area contributed by atoms with Gasteiger partial charge in [0.2, 0.25) is 0 Å². The summed E-state index contributed by atoms with van der Waals surface area (Å²) >= 11 is 5.84. The van der Waals surface area contributed by atoms with E-state index in [4.69, 9.17) is 11.6 Å². The minimum atomic E-state index is 0.0850. The quantitative estimate of drug-likeness (QED) is 0.549. The number of allylic oxidation sites excluding steroid dienone is 2. The van der Waals surface area contributed by atoms with Crippen LogP contribution in [0.2, 0.25) is 5.02 Å². The summed E-state index contributed by atoms with van der Waals surface area (Å²) in [5.74, 6) is 0.0850. The van der Waals surface area contributed by atoms with E-state index in [0.29, 0.717) is 10.6 Å². The van der Waals surface area contributed by atoms with Crippen LogP contribution in [-0.4, -0.2) is 5.78 Å². The van der Waals surface area contributed by atoms with Crippen LogP contribution in [0.4, 0.5) is 0 Å². The fraction of sp³-hybridized carbons (Fsp3) is 0.308. The van der Waals surface area contributed by atoms with Crippen LogP contribution in [0.3, 0.4) is 0 Å². The zero-order chi connectivity index (χ0) is 11.3. The summed E-state index contributed by atoms with van der Waals surface area (Å²) in [6.45, 7) is 3.96. The molecule has 1 aromatic carbocycles. The summed E-state index contributed by atoms with van der Waals surface area (Å²) < 4.78 is 0. The molecule has 0 unspecified atom stereocenters. The highest BCUT2D eigenvalue weighted by Crippen LogP contribution is 2.16. The number of rotatable bonds is 4. The SMILES string of the molecule is C/C=C(\CCC)C(=O)c1cccc(Cl)c1. The largest absolute Gasteiger partial charge is 0.289 e. The molecule has 0 N–H and O–H groups in total. The van der Waals surface area contributed by atoms with Gasteiger partial charge in [0, 0.05) is 10.6 Å². The van der Waals surface area contributed by atoms with Crippen molar-refractivity contribution in [3.8, 4) is 0 Å². The fourth-order valence-corrected chi connectivity index (χ4v) is 1.66. The number of carbonyl (C=O) groups excluding carboxylic acids is 1. The molecule has 80 valence electrons. The number of carbonyl (C=O) groups is 1. The average molecular weight is 223 g/mol. The van der Waals surface area contributed by atoms with Gasteiger partial charge in [-0.3, -0.25) is 4.79 Å². The molecule has 0 saturated heterocycles. The molecule has 0 saturated carbocycles. The lowest BCUT2D eigenvalue weighted by Gasteiger charge is -2.04. The van der Waals surface area contributed by atoms with Crippen molar-refractivity contribution in [3.05, 3.63) is 46.5 Å². The van der Waals surface area contributed by atoms with Gasteiger partial charge in [-0.25, -0.2) is 0 Å². The molecule has 0 fully saturated rings. The summed E-state index contributed by atoms with van der Waals surface area (Å²) in [6.07, 6.45) is 3.68. The smallest absolute Gasteiger partial charge is 0.188 e. The summed E-state index contributed by atoms with van der Waals surface area (Å²) in [4.78, 5) is 12.0. The third-order valence-corrected chi connectivity index (χ3v) is 2.48. The van der Waals surface area contributed by atoms with Gasteiger partial charge in [0.1, 0.15) is 0 Å². The lowest BCUT2D eigenvalue weighted by atomic mass is 10.00. The fourth-order valence-electron chi connectivity index (χ4n) is 1.47. The van der Waals surface area contributed by atoms with Gasteiger partial charge in [0.15, 0.2) is 5.78 Å². The van der Waals surface area contributed by atoms with Crippen LogP contribution >= 0.6 is 11.6 Å². The maximum absolute atomic E-state index is 12.0. The molecule has 0 aliphatic carbocycles. The topological polar surface area (TPSA) is 17.1 Å². The highest BCUT2D eigenvalue weighted by atomic mass is 35.5. The van der Waals surface area contributed by atoms with E-state index in [1.54, 1.807) is 24.3 Å². The average Bonchev–Trinajstić information content (AvgIpc) is 2.25. The van der Waals surface area contributed by atoms with Crippen LogP contribution in [0.15, 0.2) is 35.9 Å². The van der Waals surface area contributed by atoms with E-state index < -0.39 is 0 Å². The first kappa shape index (κ1) is 12.0. The number of Topliss-reactive ketones (excluding diaryl/α,β-unsaturated/α-hetero) is 1. The van der Waals surface area contributed by atoms with Crippen LogP contribution in [0.5, 0.6) is 0 Å². The molecular weight excluding hydrogens is 208 g/mol. The Morgan fingerprint density at radius 2 is 2.20 bits per heavy atom. The molecule has 2 heteroatoms. The van der Waals surface area contributed by atoms with Crippen molar-refractivity contribution >= 4 is 17.4 Å². The Labute approximate surface area is 95.8 Å². The maximum Gasteiger partial charge on any atom is 0.188 e. The first-order valence-corrected chi connectivity index (χ1v) is 5.52. The van der Waals surface area contributed by atoms with Gasteiger partial charge in [0.25, 0.3) is 0 Å². The van der Waals surface area contributed by atoms with E-state index in [0.717, 1.165) is 18.4 Å². The molecule has 1 nitrogen and oxygen atoms in total. The van der Waals surface area contributed by atoms with Gasteiger partial charge in [0.05, 0.1) is 0 Å². The molecule has 15 heavy (non-hydrogen) atoms. The van der Waals surface area contributed by atoms with E-state index >= 15 is 0 Å². The summed E-state index contributed by atoms with van der Waals surface area (Å²) in [7, 11) is 0. The predicted molar refractivity (Wildman–Crippen MR) is 64.4 cm³/mol. The van der Waals surface area contributed by atoms with E-state index in [9.17, 15) is 4.79 Å². The highest BCUT2D eigenvalue weighted by molar-refractivity contribution is 6.31. The van der Waals surface area contributed by atoms with Crippen LogP contribution in [0.1, 0.15) is 37.0 Å². The molecule has 1 rings (SSSR count). The van der Waals surface area contributed by atoms with Gasteiger partial charge < -0.3 is 0 Å². The standard InChI is InChI=1S/C13H15ClO/c1-3-6-10(4-2)13(15)11-7-5-8-12(14)9-11/h4-5,7-9H,3,6H2,1-2H3/b10-4+. The molecule has 0 aliphatic heterocycles. The van der Waals surface area contributed by atoms with Gasteiger partial charge in [-0.15, -0.1) is 0 Å². The van der Waals surface area contributed by atoms with Crippen molar-refractivity contribution < 1.29 is 4.79 Å². The van der Waals surface area contributed by atoms with E-state index in [1.165, 1.54) is 0 Å². The molecule has 0 aromatic heterocycles. The van der Waals surface area contributed by atoms with Crippen LogP contribution in [-0.2, 0) is 0 Å². The molecule has 0 bridgehead atoms. The van der Waals surface area contributed by atoms with Gasteiger partial charge in [-0.1, -0.05) is 43.2 Å². The van der Waals surface area contributed by atoms with E-state index in [1.807, 2.05) is 13.0 Å². The van der Waals surface area contributed by atoms with Crippen molar-refractivity contribution in [2.45, 2.75) is 26.7 Å². The molecule has 1 aromatic rings. The lowest BCUT2D eigenvalue weighted by molar-refractivity contribution is 0.103. The molecule has 0 atom stereocenters. The number of halogens is 1. The molecule has 0 radical (unpaired) electrons. The molecule has 0 amide bonds. The number of hydrogen-bond acceptors (Lipinski definition) is 1. The number of benzene rings is 1. The van der Waals surface area contributed by atoms with Crippen molar-refractivity contribution in [3.63, 3.8) is 0 Å². The van der Waals surface area contributed by atoms with Gasteiger partial charge >= 0.3 is 0 Å². The monoisotopic (exact) mass is 222 g/mol. The third-order valence-electron chi connectivity index (χ3n) is 2.25. The second kappa shape index (κ2) is 5.72. The normalized spacial score (nSPS) is 11.5. The number of ketones is 1. The van der Waals surface area contributed by atoms with E-state index in [-0.39, 0.29) is 5.78 Å². The molecule has 0 spiro atoms. The van der Waals surface area contributed by atoms with Crippen LogP contribution < -0.4 is 0 Å². The Balaban J connectivity index is 2.93. The Kier molecular flexibility index (Phi) is 4.57. The zero-order valence-corrected chi connectivity index (χ0v) is 9.84. The predicted octanol–water partition coefficient (Wildman–Crippen LogP) is 4.27. The number of hydrogen-bond donors (Lipinski definition) is 0. The zero-order valence-electron chi connectivity index (χ0n) is 9.09. The first-order chi connectivity index (χ1) is 7.19. The Morgan fingerprint density at radius 3 is 2.73 bits per heavy atom. The van der Waals surface area contributed by atoms with Crippen LogP contribution in [0, 0.1) is 0 Å². The Bertz CT molecular complexity index is 380. The summed E-state index contributed by atoms with van der Waals surface area (Å²) in [5, 5.41) is 0.604. The summed E-state index contributed by atoms with van der Waals surface area (Å²) in [5.41, 5.74) is 1.53. The molecule has 0 heterocycles. The summed E-state index contributed by atoms with van der Waals surface area (Å²) in [6, 6.07) is 7.08. The first-order valence-electron chi connectivity index (χ1n) is 5.14. The third kappa shape index (κ3) is 3.21. The Morgan fingerprint density at radius 1 is 1.47 bits per heavy atom. The molecular formula is C13H15ClO. The Hall–Kier alpha value is -1.08. The second-order valence-corrected chi connectivity index (χ2v) is 3.84. The minimum Gasteiger partial charge on any atom is -0.289 e. The maximum atomic E-state index is 12.0. The second-order valence-electron chi connectivity index (χ2n) is 3.40.